The first kappa shape index (κ1) is 17.7. The lowest BCUT2D eigenvalue weighted by molar-refractivity contribution is -0.129. The Morgan fingerprint density at radius 2 is 1.46 bits per heavy atom. The van der Waals surface area contributed by atoms with Crippen molar-refractivity contribution < 1.29 is 14.0 Å². The number of hydrogen-bond donors (Lipinski definition) is 2. The number of aryl methyl sites for hydroxylation is 1. The maximum absolute atomic E-state index is 12.8. The second kappa shape index (κ2) is 8.82. The maximum atomic E-state index is 12.8. The van der Waals surface area contributed by atoms with E-state index in [2.05, 4.69) is 10.6 Å². The molecule has 0 fully saturated rings. The van der Waals surface area contributed by atoms with Crippen LogP contribution in [-0.4, -0.2) is 18.4 Å². The van der Waals surface area contributed by atoms with Crippen molar-refractivity contribution in [2.24, 2.45) is 0 Å². The van der Waals surface area contributed by atoms with Crippen LogP contribution in [-0.2, 0) is 22.6 Å². The Kier molecular flexibility index (Phi) is 6.49. The molecular formula is C19H21FN2O2. The summed E-state index contributed by atoms with van der Waals surface area (Å²) in [4.78, 5) is 23.5. The van der Waals surface area contributed by atoms with Crippen molar-refractivity contribution in [3.8, 4) is 0 Å². The number of amides is 2. The number of benzene rings is 2. The fraction of sp³-hybridized carbons (Fsp3) is 0.263. The van der Waals surface area contributed by atoms with Crippen molar-refractivity contribution in [3.63, 3.8) is 0 Å². The summed E-state index contributed by atoms with van der Waals surface area (Å²) in [5, 5.41) is 5.41. The van der Waals surface area contributed by atoms with Gasteiger partial charge in [0.05, 0.1) is 0 Å². The highest BCUT2D eigenvalue weighted by Gasteiger charge is 2.08. The van der Waals surface area contributed by atoms with Crippen LogP contribution in [0.4, 0.5) is 4.39 Å². The first-order valence-corrected chi connectivity index (χ1v) is 7.86. The van der Waals surface area contributed by atoms with Gasteiger partial charge in [0.1, 0.15) is 12.2 Å². The van der Waals surface area contributed by atoms with Crippen LogP contribution >= 0.6 is 0 Å². The van der Waals surface area contributed by atoms with Crippen LogP contribution in [0.3, 0.4) is 0 Å². The Balaban J connectivity index is 1.65. The smallest absolute Gasteiger partial charge is 0.229 e. The Bertz CT molecular complexity index is 682. The molecule has 0 saturated carbocycles. The van der Waals surface area contributed by atoms with E-state index in [9.17, 15) is 14.0 Å². The van der Waals surface area contributed by atoms with Crippen LogP contribution in [0.2, 0.25) is 0 Å². The number of carbonyl (C=O) groups excluding carboxylic acids is 2. The maximum Gasteiger partial charge on any atom is 0.229 e. The summed E-state index contributed by atoms with van der Waals surface area (Å²) in [6.45, 7) is 2.82. The van der Waals surface area contributed by atoms with Gasteiger partial charge < -0.3 is 10.6 Å². The van der Waals surface area contributed by atoms with Crippen molar-refractivity contribution in [2.75, 3.05) is 6.54 Å². The standard InChI is InChI=1S/C19H21FN2O2/c1-14-2-4-16(5-3-14)13-22-19(24)12-18(23)21-11-10-15-6-8-17(20)9-7-15/h2-9H,10-13H2,1H3,(H,21,23)(H,22,24). The molecule has 2 N–H and O–H groups in total. The van der Waals surface area contributed by atoms with E-state index in [0.29, 0.717) is 19.5 Å². The number of carbonyl (C=O) groups is 2. The molecule has 2 rings (SSSR count). The number of nitrogens with one attached hydrogen (secondary N) is 2. The van der Waals surface area contributed by atoms with Crippen molar-refractivity contribution in [3.05, 3.63) is 71.0 Å². The molecule has 126 valence electrons. The first-order valence-electron chi connectivity index (χ1n) is 7.86. The quantitative estimate of drug-likeness (QED) is 0.767. The Labute approximate surface area is 141 Å². The molecule has 2 amide bonds. The monoisotopic (exact) mass is 328 g/mol. The molecule has 0 aromatic heterocycles. The highest BCUT2D eigenvalue weighted by Crippen LogP contribution is 2.03. The molecule has 0 radical (unpaired) electrons. The summed E-state index contributed by atoms with van der Waals surface area (Å²) in [6, 6.07) is 14.0. The number of hydrogen-bond acceptors (Lipinski definition) is 2. The summed E-state index contributed by atoms with van der Waals surface area (Å²) in [6.07, 6.45) is 0.395. The van der Waals surface area contributed by atoms with E-state index in [1.165, 1.54) is 12.1 Å². The minimum Gasteiger partial charge on any atom is -0.355 e. The molecule has 0 bridgehead atoms. The van der Waals surface area contributed by atoms with Crippen LogP contribution in [0.5, 0.6) is 0 Å². The van der Waals surface area contributed by atoms with Crippen LogP contribution in [0.1, 0.15) is 23.1 Å². The van der Waals surface area contributed by atoms with Gasteiger partial charge in [-0.2, -0.15) is 0 Å². The zero-order chi connectivity index (χ0) is 17.4. The molecule has 0 aliphatic rings. The van der Waals surface area contributed by atoms with Crippen LogP contribution in [0.25, 0.3) is 0 Å². The zero-order valence-corrected chi connectivity index (χ0v) is 13.6. The van der Waals surface area contributed by atoms with E-state index in [-0.39, 0.29) is 24.1 Å². The SMILES string of the molecule is Cc1ccc(CNC(=O)CC(=O)NCCc2ccc(F)cc2)cc1. The predicted octanol–water partition coefficient (Wildman–Crippen LogP) is 2.50. The lowest BCUT2D eigenvalue weighted by Gasteiger charge is -2.07. The average Bonchev–Trinajstić information content (AvgIpc) is 2.56. The van der Waals surface area contributed by atoms with Crippen molar-refractivity contribution in [2.45, 2.75) is 26.3 Å². The number of rotatable bonds is 7. The molecule has 0 heterocycles. The Morgan fingerprint density at radius 1 is 0.875 bits per heavy atom. The third kappa shape index (κ3) is 6.20. The predicted molar refractivity (Wildman–Crippen MR) is 90.8 cm³/mol. The Morgan fingerprint density at radius 3 is 2.12 bits per heavy atom. The normalized spacial score (nSPS) is 10.2. The van der Waals surface area contributed by atoms with Gasteiger partial charge in [-0.25, -0.2) is 4.39 Å². The fourth-order valence-corrected chi connectivity index (χ4v) is 2.17. The lowest BCUT2D eigenvalue weighted by Crippen LogP contribution is -2.32. The van der Waals surface area contributed by atoms with Crippen molar-refractivity contribution >= 4 is 11.8 Å². The van der Waals surface area contributed by atoms with E-state index >= 15 is 0 Å². The Hall–Kier alpha value is -2.69. The van der Waals surface area contributed by atoms with Gasteiger partial charge in [0, 0.05) is 13.1 Å². The van der Waals surface area contributed by atoms with E-state index in [1.54, 1.807) is 12.1 Å². The van der Waals surface area contributed by atoms with Gasteiger partial charge in [0.2, 0.25) is 11.8 Å². The minimum atomic E-state index is -0.321. The topological polar surface area (TPSA) is 58.2 Å². The molecule has 4 nitrogen and oxygen atoms in total. The second-order valence-electron chi connectivity index (χ2n) is 5.67. The highest BCUT2D eigenvalue weighted by atomic mass is 19.1. The molecule has 0 aliphatic carbocycles. The van der Waals surface area contributed by atoms with Crippen LogP contribution < -0.4 is 10.6 Å². The van der Waals surface area contributed by atoms with E-state index in [0.717, 1.165) is 16.7 Å². The van der Waals surface area contributed by atoms with Gasteiger partial charge in [-0.15, -0.1) is 0 Å². The molecule has 0 saturated heterocycles. The van der Waals surface area contributed by atoms with Gasteiger partial charge >= 0.3 is 0 Å². The molecule has 0 unspecified atom stereocenters. The highest BCUT2D eigenvalue weighted by molar-refractivity contribution is 5.96. The van der Waals surface area contributed by atoms with Crippen molar-refractivity contribution in [1.29, 1.82) is 0 Å². The molecule has 2 aromatic rings. The average molecular weight is 328 g/mol. The molecular weight excluding hydrogens is 307 g/mol. The minimum absolute atomic E-state index is 0.199. The summed E-state index contributed by atoms with van der Waals surface area (Å²) >= 11 is 0. The van der Waals surface area contributed by atoms with Gasteiger partial charge in [0.25, 0.3) is 0 Å². The van der Waals surface area contributed by atoms with E-state index in [4.69, 9.17) is 0 Å². The summed E-state index contributed by atoms with van der Waals surface area (Å²) in [7, 11) is 0. The summed E-state index contributed by atoms with van der Waals surface area (Å²) in [5.74, 6) is -0.915. The van der Waals surface area contributed by atoms with Gasteiger partial charge in [0.15, 0.2) is 0 Å². The van der Waals surface area contributed by atoms with Gasteiger partial charge in [-0.05, 0) is 36.6 Å². The molecule has 5 heteroatoms. The van der Waals surface area contributed by atoms with Crippen molar-refractivity contribution in [1.82, 2.24) is 10.6 Å². The second-order valence-corrected chi connectivity index (χ2v) is 5.67. The van der Waals surface area contributed by atoms with Gasteiger partial charge in [-0.3, -0.25) is 9.59 Å². The largest absolute Gasteiger partial charge is 0.355 e. The molecule has 0 spiro atoms. The first-order chi connectivity index (χ1) is 11.5. The van der Waals surface area contributed by atoms with Crippen LogP contribution in [0.15, 0.2) is 48.5 Å². The molecule has 0 atom stereocenters. The third-order valence-corrected chi connectivity index (χ3v) is 3.58. The molecule has 24 heavy (non-hydrogen) atoms. The van der Waals surface area contributed by atoms with Gasteiger partial charge in [-0.1, -0.05) is 42.0 Å². The fourth-order valence-electron chi connectivity index (χ4n) is 2.17. The number of halogens is 1. The van der Waals surface area contributed by atoms with E-state index < -0.39 is 0 Å². The van der Waals surface area contributed by atoms with Crippen LogP contribution in [0, 0.1) is 12.7 Å². The zero-order valence-electron chi connectivity index (χ0n) is 13.6. The summed E-state index contributed by atoms with van der Waals surface area (Å²) in [5.41, 5.74) is 3.08. The van der Waals surface area contributed by atoms with E-state index in [1.807, 2.05) is 31.2 Å². The third-order valence-electron chi connectivity index (χ3n) is 3.58. The summed E-state index contributed by atoms with van der Waals surface area (Å²) < 4.78 is 12.8. The molecule has 0 aliphatic heterocycles. The lowest BCUT2D eigenvalue weighted by atomic mass is 10.1. The molecule has 2 aromatic carbocycles.